The summed E-state index contributed by atoms with van der Waals surface area (Å²) in [7, 11) is -2.37. The Morgan fingerprint density at radius 2 is 2.07 bits per heavy atom. The number of nitrogens with zero attached hydrogens (tertiary/aromatic N) is 4. The average molecular weight is 888 g/mol. The number of hydrogen-bond acceptors (Lipinski definition) is 8. The first-order valence-corrected chi connectivity index (χ1v) is 9.83. The predicted octanol–water partition coefficient (Wildman–Crippen LogP) is 0.556. The molecule has 2 unspecified atom stereocenters. The van der Waals surface area contributed by atoms with E-state index in [4.69, 9.17) is 4.74 Å². The second-order valence-corrected chi connectivity index (χ2v) is 6.96. The van der Waals surface area contributed by atoms with E-state index < -0.39 is 26.5 Å². The minimum Gasteiger partial charge on any atom is -0.802 e. The summed E-state index contributed by atoms with van der Waals surface area (Å²) in [5.74, 6) is 0.289. The fourth-order valence-corrected chi connectivity index (χ4v) is 2.29. The molecule has 0 spiro atoms. The first-order chi connectivity index (χ1) is 12.9. The third-order valence-corrected chi connectivity index (χ3v) is 4.09. The molecule has 1 aliphatic heterocycles. The summed E-state index contributed by atoms with van der Waals surface area (Å²) in [6.45, 7) is 7.67. The predicted molar refractivity (Wildman–Crippen MR) is 104 cm³/mol. The topological polar surface area (TPSA) is 154 Å². The number of nitrogens with one attached hydrogen (secondary N) is 2. The van der Waals surface area contributed by atoms with Crippen molar-refractivity contribution in [1.82, 2.24) is 24.8 Å². The molecule has 1 fully saturated rings. The van der Waals surface area contributed by atoms with Gasteiger partial charge in [0.1, 0.15) is 12.6 Å². The van der Waals surface area contributed by atoms with Gasteiger partial charge in [-0.05, 0) is 19.2 Å². The zero-order chi connectivity index (χ0) is 20.0. The van der Waals surface area contributed by atoms with Crippen molar-refractivity contribution in [2.75, 3.05) is 18.0 Å². The molecule has 1 saturated heterocycles. The minimum atomic E-state index is -2.37. The largest absolute Gasteiger partial charge is 2.00 e. The van der Waals surface area contributed by atoms with Crippen molar-refractivity contribution in [2.24, 2.45) is 0 Å². The average Bonchev–Trinajstić information content (AvgIpc) is 3.18. The van der Waals surface area contributed by atoms with Crippen LogP contribution in [0.25, 0.3) is 11.2 Å². The van der Waals surface area contributed by atoms with E-state index in [-0.39, 0.29) is 81.5 Å². The van der Waals surface area contributed by atoms with Crippen LogP contribution in [-0.4, -0.2) is 55.6 Å². The van der Waals surface area contributed by atoms with Gasteiger partial charge in [0.25, 0.3) is 0 Å². The monoisotopic (exact) mass is 888 g/mol. The Kier molecular flexibility index (Phi) is 16.9. The maximum atomic E-state index is 11.6. The number of urea groups is 1. The number of imidazole rings is 1. The number of aromatic nitrogens is 4. The first kappa shape index (κ1) is 32.2. The van der Waals surface area contributed by atoms with Gasteiger partial charge in [-0.1, -0.05) is 6.92 Å². The summed E-state index contributed by atoms with van der Waals surface area (Å²) in [6, 6.07) is -0.375. The van der Waals surface area contributed by atoms with Gasteiger partial charge in [0, 0.05) is 45.7 Å². The van der Waals surface area contributed by atoms with Crippen LogP contribution in [-0.2, 0) is 9.30 Å². The van der Waals surface area contributed by atoms with E-state index in [2.05, 4.69) is 32.5 Å². The van der Waals surface area contributed by atoms with Gasteiger partial charge in [0.2, 0.25) is 0 Å². The van der Waals surface area contributed by atoms with Crippen molar-refractivity contribution < 1.29 is 86.3 Å². The number of rotatable bonds is 4. The standard InChI is InChI=1S/C13H16N6O3.C2H7O2P.CH3.2U/c1-3-14-13(21)18-10-9-11(16-5-15-10)19(6-17-9)12-8(20)4-7(2)22-12;1-2-5(3)4;;;/h4-8,12,20H,2-3H2,1H3,(H2,14,15,16,18,21);5H,2H2,1H3,(H,3,4);1H3;;/q-2;;-1;;+2/p-1/t7-,8?,12-;;;;/m1..../s1. The third-order valence-electron chi connectivity index (χ3n) is 3.51. The molecule has 11 nitrogen and oxygen atoms in total. The van der Waals surface area contributed by atoms with E-state index in [0.29, 0.717) is 23.9 Å². The summed E-state index contributed by atoms with van der Waals surface area (Å²) in [5, 5.41) is 15.2. The SMILES string of the molecule is CC[PH](=O)[O-].[CH2-][C@@H]1[CH-]C(O)[C@H](n2cnc3c(NC(=O)NCC)ncnc32)O1.[CH3-].[U+2].[U]. The van der Waals surface area contributed by atoms with Crippen LogP contribution < -0.4 is 15.5 Å². The van der Waals surface area contributed by atoms with Crippen molar-refractivity contribution in [3.8, 4) is 0 Å². The number of hydrogen-bond donors (Lipinski definition) is 3. The van der Waals surface area contributed by atoms with Gasteiger partial charge in [0.15, 0.2) is 17.0 Å². The number of fused-ring (bicyclic) bond motifs is 1. The molecule has 3 N–H and O–H groups in total. The Hall–Kier alpha value is 0.0339. The van der Waals surface area contributed by atoms with Crippen LogP contribution in [0.1, 0.15) is 20.1 Å². The van der Waals surface area contributed by atoms with E-state index in [1.807, 2.05) is 6.92 Å². The van der Waals surface area contributed by atoms with Crippen LogP contribution >= 0.6 is 8.03 Å². The van der Waals surface area contributed by atoms with Gasteiger partial charge >= 0.3 is 37.1 Å². The molecule has 0 saturated carbocycles. The number of aliphatic hydroxyl groups is 1. The number of carbonyl (C=O) groups is 1. The zero-order valence-electron chi connectivity index (χ0n) is 17.0. The first-order valence-electron chi connectivity index (χ1n) is 8.31. The minimum absolute atomic E-state index is 0. The smallest absolute Gasteiger partial charge is 0.802 e. The molecule has 164 valence electrons. The summed E-state index contributed by atoms with van der Waals surface area (Å²) in [4.78, 5) is 33.4. The summed E-state index contributed by atoms with van der Waals surface area (Å²) in [6.07, 6.45) is 2.81. The van der Waals surface area contributed by atoms with Crippen molar-refractivity contribution in [3.63, 3.8) is 0 Å². The maximum Gasteiger partial charge on any atom is 2.00 e. The normalized spacial score (nSPS) is 20.5. The molecular formula is C16H25N6O5PU2-2. The molecule has 2 aromatic heterocycles. The van der Waals surface area contributed by atoms with E-state index in [0.717, 1.165) is 0 Å². The van der Waals surface area contributed by atoms with Crippen LogP contribution in [0.3, 0.4) is 0 Å². The molecule has 14 heteroatoms. The van der Waals surface area contributed by atoms with Gasteiger partial charge in [-0.15, -0.1) is 0 Å². The molecule has 3 rings (SSSR count). The quantitative estimate of drug-likeness (QED) is 0.298. The van der Waals surface area contributed by atoms with Crippen molar-refractivity contribution in [2.45, 2.75) is 32.3 Å². The Bertz CT molecular complexity index is 812. The number of carbonyl (C=O) groups excluding carboxylic acids is 1. The van der Waals surface area contributed by atoms with Crippen molar-refractivity contribution in [1.29, 1.82) is 0 Å². The van der Waals surface area contributed by atoms with Gasteiger partial charge in [-0.25, -0.2) is 19.7 Å². The fourth-order valence-electron chi connectivity index (χ4n) is 2.29. The number of anilines is 1. The molecule has 2 aromatic rings. The fraction of sp³-hybridized carbons (Fsp3) is 0.438. The molecule has 3 heterocycles. The van der Waals surface area contributed by atoms with Gasteiger partial charge in [0.05, 0.1) is 6.33 Å². The molecule has 0 aromatic carbocycles. The molecular weight excluding hydrogens is 863 g/mol. The molecule has 0 aliphatic carbocycles. The van der Waals surface area contributed by atoms with Crippen molar-refractivity contribution >= 4 is 31.0 Å². The van der Waals surface area contributed by atoms with Gasteiger partial charge in [-0.3, -0.25) is 16.3 Å². The van der Waals surface area contributed by atoms with Gasteiger partial charge in [-0.2, -0.15) is 6.10 Å². The Balaban J connectivity index is 0. The Labute approximate surface area is 224 Å². The Morgan fingerprint density at radius 3 is 2.57 bits per heavy atom. The summed E-state index contributed by atoms with van der Waals surface area (Å²) >= 11 is 0. The molecule has 0 bridgehead atoms. The maximum absolute atomic E-state index is 11.6. The molecule has 0 radical (unpaired) electrons. The number of amides is 2. The van der Waals surface area contributed by atoms with Crippen LogP contribution in [0.5, 0.6) is 0 Å². The van der Waals surface area contributed by atoms with E-state index in [9.17, 15) is 19.4 Å². The third kappa shape index (κ3) is 8.88. The second kappa shape index (κ2) is 15.8. The molecule has 30 heavy (non-hydrogen) atoms. The van der Waals surface area contributed by atoms with Crippen LogP contribution in [0.4, 0.5) is 10.6 Å². The van der Waals surface area contributed by atoms with Crippen LogP contribution in [0.15, 0.2) is 12.7 Å². The van der Waals surface area contributed by atoms with E-state index in [1.165, 1.54) is 12.7 Å². The Morgan fingerprint density at radius 1 is 1.43 bits per heavy atom. The zero-order valence-corrected chi connectivity index (χ0v) is 26.3. The van der Waals surface area contributed by atoms with Crippen LogP contribution in [0, 0.1) is 83.0 Å². The molecule has 4 atom stereocenters. The van der Waals surface area contributed by atoms with Crippen LogP contribution in [0.2, 0.25) is 0 Å². The van der Waals surface area contributed by atoms with E-state index >= 15 is 0 Å². The summed E-state index contributed by atoms with van der Waals surface area (Å²) in [5.41, 5.74) is 0.866. The van der Waals surface area contributed by atoms with Crippen molar-refractivity contribution in [3.05, 3.63) is 33.4 Å². The summed E-state index contributed by atoms with van der Waals surface area (Å²) < 4.78 is 16.6. The molecule has 1 aliphatic rings. The van der Waals surface area contributed by atoms with E-state index in [1.54, 1.807) is 17.9 Å². The second-order valence-electron chi connectivity index (χ2n) is 5.50. The molecule has 2 amide bonds. The van der Waals surface area contributed by atoms with Gasteiger partial charge < -0.3 is 39.0 Å². The number of ether oxygens (including phenoxy) is 1. The number of aliphatic hydroxyl groups excluding tert-OH is 1.